The number of oxazole rings is 1. The van der Waals surface area contributed by atoms with Gasteiger partial charge in [0.05, 0.1) is 11.7 Å². The Morgan fingerprint density at radius 2 is 1.43 bits per heavy atom. The lowest BCUT2D eigenvalue weighted by molar-refractivity contribution is 0.0919. The van der Waals surface area contributed by atoms with Crippen LogP contribution in [-0.2, 0) is 5.54 Å². The summed E-state index contributed by atoms with van der Waals surface area (Å²) in [5.41, 5.74) is 2.85. The molecule has 0 saturated carbocycles. The highest BCUT2D eigenvalue weighted by Gasteiger charge is 2.30. The van der Waals surface area contributed by atoms with Gasteiger partial charge in [-0.2, -0.15) is 0 Å². The molecule has 28 heavy (non-hydrogen) atoms. The molecular formula is C24H20N2O2. The van der Waals surface area contributed by atoms with Crippen molar-refractivity contribution >= 4 is 5.91 Å². The summed E-state index contributed by atoms with van der Waals surface area (Å²) < 4.78 is 5.30. The van der Waals surface area contributed by atoms with Gasteiger partial charge >= 0.3 is 0 Å². The van der Waals surface area contributed by atoms with Gasteiger partial charge in [0.1, 0.15) is 0 Å². The minimum Gasteiger partial charge on any atom is -0.444 e. The Hall–Kier alpha value is -3.66. The summed E-state index contributed by atoms with van der Waals surface area (Å²) >= 11 is 0. The number of carbonyl (C=O) groups excluding carboxylic acids is 1. The summed E-state index contributed by atoms with van der Waals surface area (Å²) in [5, 5.41) is 3.22. The van der Waals surface area contributed by atoms with Crippen LogP contribution < -0.4 is 5.32 Å². The van der Waals surface area contributed by atoms with Crippen LogP contribution in [0.4, 0.5) is 0 Å². The predicted octanol–water partition coefficient (Wildman–Crippen LogP) is 5.04. The third-order valence-electron chi connectivity index (χ3n) is 4.93. The van der Waals surface area contributed by atoms with Gasteiger partial charge in [0.25, 0.3) is 5.91 Å². The number of carbonyl (C=O) groups is 1. The largest absolute Gasteiger partial charge is 0.444 e. The van der Waals surface area contributed by atoms with E-state index in [0.717, 1.165) is 16.7 Å². The first kappa shape index (κ1) is 17.7. The summed E-state index contributed by atoms with van der Waals surface area (Å²) in [6.45, 7) is 2.03. The Balaban J connectivity index is 1.65. The predicted molar refractivity (Wildman–Crippen MR) is 109 cm³/mol. The van der Waals surface area contributed by atoms with Crippen molar-refractivity contribution in [3.05, 3.63) is 114 Å². The van der Waals surface area contributed by atoms with Crippen molar-refractivity contribution in [3.63, 3.8) is 0 Å². The lowest BCUT2D eigenvalue weighted by Crippen LogP contribution is -2.44. The molecule has 1 amide bonds. The minimum atomic E-state index is -0.650. The molecule has 138 valence electrons. The van der Waals surface area contributed by atoms with Crippen LogP contribution in [0.3, 0.4) is 0 Å². The van der Waals surface area contributed by atoms with Crippen molar-refractivity contribution in [3.8, 4) is 11.3 Å². The van der Waals surface area contributed by atoms with Crippen LogP contribution in [0.5, 0.6) is 0 Å². The van der Waals surface area contributed by atoms with E-state index in [0.29, 0.717) is 11.3 Å². The van der Waals surface area contributed by atoms with E-state index in [1.807, 2.05) is 79.7 Å². The van der Waals surface area contributed by atoms with Crippen molar-refractivity contribution in [2.45, 2.75) is 12.5 Å². The highest BCUT2D eigenvalue weighted by atomic mass is 16.3. The fourth-order valence-electron chi connectivity index (χ4n) is 3.30. The van der Waals surface area contributed by atoms with E-state index in [4.69, 9.17) is 4.42 Å². The lowest BCUT2D eigenvalue weighted by Gasteiger charge is -2.32. The molecule has 0 unspecified atom stereocenters. The van der Waals surface area contributed by atoms with Crippen molar-refractivity contribution in [2.24, 2.45) is 0 Å². The highest BCUT2D eigenvalue weighted by Crippen LogP contribution is 2.29. The van der Waals surface area contributed by atoms with Gasteiger partial charge in [0.15, 0.2) is 12.2 Å². The molecule has 0 fully saturated rings. The molecule has 0 bridgehead atoms. The van der Waals surface area contributed by atoms with Gasteiger partial charge in [-0.1, -0.05) is 72.8 Å². The van der Waals surface area contributed by atoms with E-state index in [-0.39, 0.29) is 5.91 Å². The second-order valence-corrected chi connectivity index (χ2v) is 6.75. The Kier molecular flexibility index (Phi) is 4.77. The third-order valence-corrected chi connectivity index (χ3v) is 4.93. The number of nitrogens with one attached hydrogen (secondary N) is 1. The van der Waals surface area contributed by atoms with E-state index >= 15 is 0 Å². The van der Waals surface area contributed by atoms with Gasteiger partial charge in [0.2, 0.25) is 0 Å². The number of benzene rings is 3. The van der Waals surface area contributed by atoms with Gasteiger partial charge in [-0.3, -0.25) is 4.79 Å². The quantitative estimate of drug-likeness (QED) is 0.537. The van der Waals surface area contributed by atoms with E-state index < -0.39 is 5.54 Å². The molecule has 4 heteroatoms. The Labute approximate surface area is 163 Å². The second-order valence-electron chi connectivity index (χ2n) is 6.75. The molecule has 0 saturated heterocycles. The molecule has 0 atom stereocenters. The van der Waals surface area contributed by atoms with E-state index in [9.17, 15) is 4.79 Å². The summed E-state index contributed by atoms with van der Waals surface area (Å²) in [6.07, 6.45) is 3.04. The van der Waals surface area contributed by atoms with Crippen molar-refractivity contribution in [1.82, 2.24) is 10.3 Å². The van der Waals surface area contributed by atoms with Crippen molar-refractivity contribution < 1.29 is 9.21 Å². The van der Waals surface area contributed by atoms with Gasteiger partial charge in [-0.15, -0.1) is 0 Å². The van der Waals surface area contributed by atoms with Crippen LogP contribution in [0.25, 0.3) is 11.3 Å². The minimum absolute atomic E-state index is 0.140. The molecule has 3 aromatic carbocycles. The monoisotopic (exact) mass is 368 g/mol. The summed E-state index contributed by atoms with van der Waals surface area (Å²) in [5.74, 6) is 0.532. The zero-order chi connectivity index (χ0) is 19.4. The average molecular weight is 368 g/mol. The van der Waals surface area contributed by atoms with Crippen LogP contribution in [0.1, 0.15) is 28.4 Å². The van der Waals surface area contributed by atoms with Crippen molar-refractivity contribution in [1.29, 1.82) is 0 Å². The zero-order valence-corrected chi connectivity index (χ0v) is 15.5. The molecule has 1 aromatic heterocycles. The normalized spacial score (nSPS) is 11.2. The summed E-state index contributed by atoms with van der Waals surface area (Å²) in [6, 6.07) is 27.3. The van der Waals surface area contributed by atoms with Crippen LogP contribution in [0.15, 0.2) is 102 Å². The van der Waals surface area contributed by atoms with Gasteiger partial charge in [-0.25, -0.2) is 4.98 Å². The highest BCUT2D eigenvalue weighted by molar-refractivity contribution is 5.95. The second kappa shape index (κ2) is 7.53. The lowest BCUT2D eigenvalue weighted by atomic mass is 9.84. The molecule has 4 rings (SSSR count). The first-order valence-electron chi connectivity index (χ1n) is 9.09. The van der Waals surface area contributed by atoms with E-state index in [1.54, 1.807) is 18.3 Å². The van der Waals surface area contributed by atoms with E-state index in [2.05, 4.69) is 10.3 Å². The molecule has 0 spiro atoms. The zero-order valence-electron chi connectivity index (χ0n) is 15.5. The molecule has 0 aliphatic rings. The first-order chi connectivity index (χ1) is 13.7. The molecule has 0 aliphatic heterocycles. The maximum Gasteiger partial charge on any atom is 0.252 e. The van der Waals surface area contributed by atoms with Crippen LogP contribution in [0, 0.1) is 0 Å². The Bertz CT molecular complexity index is 1000. The van der Waals surface area contributed by atoms with Gasteiger partial charge in [-0.05, 0) is 30.2 Å². The molecule has 1 N–H and O–H groups in total. The maximum atomic E-state index is 13.1. The van der Waals surface area contributed by atoms with E-state index in [1.165, 1.54) is 6.39 Å². The summed E-state index contributed by atoms with van der Waals surface area (Å²) in [7, 11) is 0. The average Bonchev–Trinajstić information content (AvgIpc) is 3.30. The number of nitrogens with zero attached hydrogens (tertiary/aromatic N) is 1. The van der Waals surface area contributed by atoms with Crippen molar-refractivity contribution in [2.75, 3.05) is 0 Å². The first-order valence-corrected chi connectivity index (χ1v) is 9.09. The Morgan fingerprint density at radius 3 is 1.93 bits per heavy atom. The Morgan fingerprint density at radius 1 is 0.857 bits per heavy atom. The van der Waals surface area contributed by atoms with Gasteiger partial charge < -0.3 is 9.73 Å². The van der Waals surface area contributed by atoms with Gasteiger partial charge in [0, 0.05) is 11.1 Å². The SMILES string of the molecule is CC(NC(=O)c1ccc(-c2cnco2)cc1)(c1ccccc1)c1ccccc1. The standard InChI is InChI=1S/C24H20N2O2/c1-24(20-8-4-2-5-9-20,21-10-6-3-7-11-21)26-23(27)19-14-12-18(13-15-19)22-16-25-17-28-22/h2-17H,1H3,(H,26,27). The van der Waals surface area contributed by atoms with Crippen LogP contribution >= 0.6 is 0 Å². The molecule has 0 aliphatic carbocycles. The number of hydrogen-bond acceptors (Lipinski definition) is 3. The molecule has 4 nitrogen and oxygen atoms in total. The third kappa shape index (κ3) is 3.45. The maximum absolute atomic E-state index is 13.1. The number of amides is 1. The number of rotatable bonds is 5. The number of hydrogen-bond donors (Lipinski definition) is 1. The molecule has 0 radical (unpaired) electrons. The van der Waals surface area contributed by atoms with Crippen LogP contribution in [-0.4, -0.2) is 10.9 Å². The topological polar surface area (TPSA) is 55.1 Å². The molecule has 4 aromatic rings. The van der Waals surface area contributed by atoms with Crippen LogP contribution in [0.2, 0.25) is 0 Å². The summed E-state index contributed by atoms with van der Waals surface area (Å²) in [4.78, 5) is 17.0. The fourth-order valence-corrected chi connectivity index (χ4v) is 3.30. The molecule has 1 heterocycles. The smallest absolute Gasteiger partial charge is 0.252 e. The number of aromatic nitrogens is 1. The molecular weight excluding hydrogens is 348 g/mol. The fraction of sp³-hybridized carbons (Fsp3) is 0.0833.